The summed E-state index contributed by atoms with van der Waals surface area (Å²) in [6.45, 7) is -0.370. The number of alkyl halides is 3. The zero-order valence-corrected chi connectivity index (χ0v) is 9.31. The van der Waals surface area contributed by atoms with Gasteiger partial charge in [0.05, 0.1) is 0 Å². The van der Waals surface area contributed by atoms with Crippen LogP contribution in [0.3, 0.4) is 0 Å². The third-order valence-corrected chi connectivity index (χ3v) is 4.05. The lowest BCUT2D eigenvalue weighted by atomic mass is 9.97. The molecule has 2 unspecified atom stereocenters. The number of rotatable bonds is 4. The standard InChI is InChI=1S/C8H14F3NO3S/c9-8(10,11)16(14,15)12-4-6-2-1-3-7(6)5-13/h6-7,12-13H,1-5H2. The molecule has 1 saturated carbocycles. The van der Waals surface area contributed by atoms with Crippen LogP contribution in [0.15, 0.2) is 0 Å². The highest BCUT2D eigenvalue weighted by molar-refractivity contribution is 7.90. The van der Waals surface area contributed by atoms with E-state index in [1.807, 2.05) is 0 Å². The third-order valence-electron chi connectivity index (χ3n) is 2.89. The van der Waals surface area contributed by atoms with Crippen molar-refractivity contribution in [3.63, 3.8) is 0 Å². The molecule has 1 aliphatic rings. The summed E-state index contributed by atoms with van der Waals surface area (Å²) in [6.07, 6.45) is 2.18. The van der Waals surface area contributed by atoms with Gasteiger partial charge in [-0.05, 0) is 24.7 Å². The predicted molar refractivity (Wildman–Crippen MR) is 50.9 cm³/mol. The van der Waals surface area contributed by atoms with E-state index < -0.39 is 15.5 Å². The maximum Gasteiger partial charge on any atom is 0.511 e. The van der Waals surface area contributed by atoms with Crippen molar-refractivity contribution in [3.8, 4) is 0 Å². The molecular formula is C8H14F3NO3S. The van der Waals surface area contributed by atoms with Gasteiger partial charge in [-0.3, -0.25) is 0 Å². The van der Waals surface area contributed by atoms with Crippen LogP contribution in [0, 0.1) is 11.8 Å². The van der Waals surface area contributed by atoms with E-state index in [2.05, 4.69) is 0 Å². The van der Waals surface area contributed by atoms with Gasteiger partial charge in [-0.15, -0.1) is 0 Å². The largest absolute Gasteiger partial charge is 0.511 e. The second-order valence-corrected chi connectivity index (χ2v) is 5.69. The molecule has 0 aromatic heterocycles. The van der Waals surface area contributed by atoms with Crippen LogP contribution in [0.1, 0.15) is 19.3 Å². The van der Waals surface area contributed by atoms with Crippen LogP contribution in [0.4, 0.5) is 13.2 Å². The topological polar surface area (TPSA) is 66.4 Å². The van der Waals surface area contributed by atoms with Crippen LogP contribution in [-0.4, -0.2) is 32.2 Å². The molecule has 0 saturated heterocycles. The average molecular weight is 261 g/mol. The van der Waals surface area contributed by atoms with E-state index in [0.29, 0.717) is 6.42 Å². The maximum atomic E-state index is 12.0. The van der Waals surface area contributed by atoms with Gasteiger partial charge in [-0.2, -0.15) is 13.2 Å². The lowest BCUT2D eigenvalue weighted by molar-refractivity contribution is -0.0449. The summed E-state index contributed by atoms with van der Waals surface area (Å²) in [5, 5.41) is 8.93. The molecule has 0 heterocycles. The molecular weight excluding hydrogens is 247 g/mol. The summed E-state index contributed by atoms with van der Waals surface area (Å²) in [5.41, 5.74) is -5.26. The number of hydrogen-bond donors (Lipinski definition) is 2. The smallest absolute Gasteiger partial charge is 0.396 e. The molecule has 4 nitrogen and oxygen atoms in total. The van der Waals surface area contributed by atoms with Crippen molar-refractivity contribution in [1.82, 2.24) is 4.72 Å². The molecule has 1 aliphatic carbocycles. The SMILES string of the molecule is O=S(=O)(NCC1CCCC1CO)C(F)(F)F. The van der Waals surface area contributed by atoms with Gasteiger partial charge < -0.3 is 5.11 Å². The molecule has 0 aromatic carbocycles. The molecule has 1 rings (SSSR count). The van der Waals surface area contributed by atoms with Crippen molar-refractivity contribution in [2.45, 2.75) is 24.8 Å². The first-order valence-corrected chi connectivity index (χ1v) is 6.43. The molecule has 2 atom stereocenters. The second-order valence-electron chi connectivity index (χ2n) is 3.93. The molecule has 0 bridgehead atoms. The minimum absolute atomic E-state index is 0.101. The first-order valence-electron chi connectivity index (χ1n) is 4.94. The van der Waals surface area contributed by atoms with E-state index in [1.54, 1.807) is 4.72 Å². The average Bonchev–Trinajstić information content (AvgIpc) is 2.60. The Balaban J connectivity index is 2.52. The fraction of sp³-hybridized carbons (Fsp3) is 1.00. The minimum Gasteiger partial charge on any atom is -0.396 e. The first kappa shape index (κ1) is 13.7. The van der Waals surface area contributed by atoms with Gasteiger partial charge in [0.25, 0.3) is 0 Å². The predicted octanol–water partition coefficient (Wildman–Crippen LogP) is 0.834. The Kier molecular flexibility index (Phi) is 4.19. The highest BCUT2D eigenvalue weighted by atomic mass is 32.2. The molecule has 0 amide bonds. The minimum atomic E-state index is -5.26. The normalized spacial score (nSPS) is 27.2. The Hall–Kier alpha value is -0.340. The number of aliphatic hydroxyl groups excluding tert-OH is 1. The van der Waals surface area contributed by atoms with Gasteiger partial charge in [-0.25, -0.2) is 13.1 Å². The quantitative estimate of drug-likeness (QED) is 0.788. The van der Waals surface area contributed by atoms with E-state index in [1.165, 1.54) is 0 Å². The Morgan fingerprint density at radius 3 is 2.31 bits per heavy atom. The van der Waals surface area contributed by atoms with Crippen LogP contribution in [-0.2, 0) is 10.0 Å². The highest BCUT2D eigenvalue weighted by Gasteiger charge is 2.46. The van der Waals surface area contributed by atoms with Crippen LogP contribution in [0.5, 0.6) is 0 Å². The van der Waals surface area contributed by atoms with Crippen LogP contribution >= 0.6 is 0 Å². The summed E-state index contributed by atoms with van der Waals surface area (Å²) in [4.78, 5) is 0. The summed E-state index contributed by atoms with van der Waals surface area (Å²) >= 11 is 0. The number of aliphatic hydroxyl groups is 1. The van der Waals surface area contributed by atoms with E-state index in [0.717, 1.165) is 12.8 Å². The van der Waals surface area contributed by atoms with Crippen molar-refractivity contribution in [2.75, 3.05) is 13.2 Å². The Morgan fingerprint density at radius 1 is 1.25 bits per heavy atom. The van der Waals surface area contributed by atoms with Gasteiger partial charge >= 0.3 is 15.5 Å². The fourth-order valence-corrected chi connectivity index (χ4v) is 2.52. The molecule has 0 aromatic rings. The monoisotopic (exact) mass is 261 g/mol. The molecule has 1 fully saturated rings. The van der Waals surface area contributed by atoms with Crippen molar-refractivity contribution < 1.29 is 26.7 Å². The van der Waals surface area contributed by atoms with Gasteiger partial charge in [0.1, 0.15) is 0 Å². The van der Waals surface area contributed by atoms with Crippen LogP contribution in [0.25, 0.3) is 0 Å². The molecule has 2 N–H and O–H groups in total. The Morgan fingerprint density at radius 2 is 1.81 bits per heavy atom. The summed E-state index contributed by atoms with van der Waals surface area (Å²) < 4.78 is 58.9. The number of hydrogen-bond acceptors (Lipinski definition) is 3. The number of halogens is 3. The third kappa shape index (κ3) is 3.08. The van der Waals surface area contributed by atoms with Gasteiger partial charge in [0.2, 0.25) is 0 Å². The summed E-state index contributed by atoms with van der Waals surface area (Å²) in [7, 11) is -5.25. The lowest BCUT2D eigenvalue weighted by Gasteiger charge is -2.18. The number of sulfonamides is 1. The van der Waals surface area contributed by atoms with E-state index in [4.69, 9.17) is 5.11 Å². The Bertz CT molecular complexity index is 328. The van der Waals surface area contributed by atoms with Crippen molar-refractivity contribution >= 4 is 10.0 Å². The van der Waals surface area contributed by atoms with Gasteiger partial charge in [-0.1, -0.05) is 6.42 Å². The molecule has 0 spiro atoms. The van der Waals surface area contributed by atoms with E-state index in [-0.39, 0.29) is 25.0 Å². The molecule has 8 heteroatoms. The van der Waals surface area contributed by atoms with E-state index >= 15 is 0 Å². The van der Waals surface area contributed by atoms with Crippen LogP contribution < -0.4 is 4.72 Å². The van der Waals surface area contributed by atoms with Crippen molar-refractivity contribution in [1.29, 1.82) is 0 Å². The molecule has 0 radical (unpaired) electrons. The molecule has 16 heavy (non-hydrogen) atoms. The first-order chi connectivity index (χ1) is 7.28. The van der Waals surface area contributed by atoms with E-state index in [9.17, 15) is 21.6 Å². The van der Waals surface area contributed by atoms with Crippen LogP contribution in [0.2, 0.25) is 0 Å². The summed E-state index contributed by atoms with van der Waals surface area (Å²) in [5.74, 6) is -0.307. The fourth-order valence-electron chi connectivity index (χ4n) is 1.92. The van der Waals surface area contributed by atoms with Crippen molar-refractivity contribution in [3.05, 3.63) is 0 Å². The Labute approximate surface area is 91.9 Å². The molecule has 96 valence electrons. The van der Waals surface area contributed by atoms with Gasteiger partial charge in [0, 0.05) is 13.2 Å². The zero-order valence-electron chi connectivity index (χ0n) is 8.50. The van der Waals surface area contributed by atoms with Crippen molar-refractivity contribution in [2.24, 2.45) is 11.8 Å². The molecule has 0 aliphatic heterocycles. The maximum absolute atomic E-state index is 12.0. The summed E-state index contributed by atoms with van der Waals surface area (Å²) in [6, 6.07) is 0. The second kappa shape index (κ2) is 4.89. The van der Waals surface area contributed by atoms with Gasteiger partial charge in [0.15, 0.2) is 0 Å². The lowest BCUT2D eigenvalue weighted by Crippen LogP contribution is -2.39. The highest BCUT2D eigenvalue weighted by Crippen LogP contribution is 2.31. The zero-order chi connectivity index (χ0) is 12.4. The number of nitrogens with one attached hydrogen (secondary N) is 1.